The van der Waals surface area contributed by atoms with E-state index >= 15 is 0 Å². The van der Waals surface area contributed by atoms with Gasteiger partial charge in [-0.2, -0.15) is 0 Å². The Morgan fingerprint density at radius 1 is 1.15 bits per heavy atom. The third-order valence-corrected chi connectivity index (χ3v) is 4.07. The SMILES string of the molecule is COC(C)CNC(=O)c1cc(COCc2ccc3ccccc3c2)on1. The van der Waals surface area contributed by atoms with Gasteiger partial charge in [-0.05, 0) is 29.3 Å². The van der Waals surface area contributed by atoms with Crippen molar-refractivity contribution in [1.82, 2.24) is 10.5 Å². The number of ether oxygens (including phenoxy) is 2. The highest BCUT2D eigenvalue weighted by Crippen LogP contribution is 2.16. The molecular formula is C20H22N2O4. The Hall–Kier alpha value is -2.70. The lowest BCUT2D eigenvalue weighted by Gasteiger charge is -2.09. The lowest BCUT2D eigenvalue weighted by Crippen LogP contribution is -2.31. The summed E-state index contributed by atoms with van der Waals surface area (Å²) in [5, 5.41) is 8.89. The second-order valence-electron chi connectivity index (χ2n) is 6.11. The molecule has 0 fully saturated rings. The summed E-state index contributed by atoms with van der Waals surface area (Å²) in [6, 6.07) is 16.0. The van der Waals surface area contributed by atoms with Gasteiger partial charge < -0.3 is 19.3 Å². The molecule has 0 aliphatic heterocycles. The average Bonchev–Trinajstić information content (AvgIpc) is 3.14. The second kappa shape index (κ2) is 8.60. The summed E-state index contributed by atoms with van der Waals surface area (Å²) in [6.07, 6.45) is -0.0596. The summed E-state index contributed by atoms with van der Waals surface area (Å²) >= 11 is 0. The van der Waals surface area contributed by atoms with Gasteiger partial charge in [0.15, 0.2) is 11.5 Å². The van der Waals surface area contributed by atoms with Crippen LogP contribution < -0.4 is 5.32 Å². The minimum absolute atomic E-state index is 0.0596. The number of hydrogen-bond acceptors (Lipinski definition) is 5. The number of rotatable bonds is 8. The van der Waals surface area contributed by atoms with Crippen molar-refractivity contribution in [1.29, 1.82) is 0 Å². The zero-order valence-corrected chi connectivity index (χ0v) is 14.9. The van der Waals surface area contributed by atoms with Crippen LogP contribution in [-0.4, -0.2) is 30.8 Å². The Morgan fingerprint density at radius 3 is 2.77 bits per heavy atom. The Morgan fingerprint density at radius 2 is 1.96 bits per heavy atom. The van der Waals surface area contributed by atoms with Gasteiger partial charge in [-0.15, -0.1) is 0 Å². The summed E-state index contributed by atoms with van der Waals surface area (Å²) in [5.41, 5.74) is 1.31. The van der Waals surface area contributed by atoms with Crippen molar-refractivity contribution >= 4 is 16.7 Å². The van der Waals surface area contributed by atoms with Crippen molar-refractivity contribution in [2.75, 3.05) is 13.7 Å². The van der Waals surface area contributed by atoms with Gasteiger partial charge in [0, 0.05) is 19.7 Å². The van der Waals surface area contributed by atoms with E-state index in [2.05, 4.69) is 34.7 Å². The van der Waals surface area contributed by atoms with E-state index in [9.17, 15) is 4.79 Å². The molecule has 0 saturated heterocycles. The zero-order valence-electron chi connectivity index (χ0n) is 14.9. The van der Waals surface area contributed by atoms with Crippen molar-refractivity contribution in [2.24, 2.45) is 0 Å². The summed E-state index contributed by atoms with van der Waals surface area (Å²) < 4.78 is 15.9. The monoisotopic (exact) mass is 354 g/mol. The normalized spacial score (nSPS) is 12.2. The molecule has 0 aliphatic rings. The van der Waals surface area contributed by atoms with Gasteiger partial charge >= 0.3 is 0 Å². The van der Waals surface area contributed by atoms with E-state index in [-0.39, 0.29) is 24.3 Å². The molecule has 1 atom stereocenters. The number of nitrogens with zero attached hydrogens (tertiary/aromatic N) is 1. The fourth-order valence-electron chi connectivity index (χ4n) is 2.50. The van der Waals surface area contributed by atoms with Crippen molar-refractivity contribution in [3.8, 4) is 0 Å². The first-order valence-corrected chi connectivity index (χ1v) is 8.47. The lowest BCUT2D eigenvalue weighted by atomic mass is 10.1. The number of nitrogens with one attached hydrogen (secondary N) is 1. The van der Waals surface area contributed by atoms with E-state index < -0.39 is 0 Å². The molecule has 3 rings (SSSR count). The number of benzene rings is 2. The molecule has 0 spiro atoms. The predicted octanol–water partition coefficient (Wildman–Crippen LogP) is 3.31. The molecule has 1 amide bonds. The molecule has 1 aromatic heterocycles. The number of carbonyl (C=O) groups excluding carboxylic acids is 1. The molecule has 1 heterocycles. The van der Waals surface area contributed by atoms with Crippen molar-refractivity contribution in [2.45, 2.75) is 26.2 Å². The zero-order chi connectivity index (χ0) is 18.4. The van der Waals surface area contributed by atoms with Crippen LogP contribution in [-0.2, 0) is 22.7 Å². The molecule has 0 aliphatic carbocycles. The highest BCUT2D eigenvalue weighted by Gasteiger charge is 2.13. The molecule has 0 saturated carbocycles. The maximum Gasteiger partial charge on any atom is 0.273 e. The van der Waals surface area contributed by atoms with Crippen LogP contribution in [0.15, 0.2) is 53.1 Å². The smallest absolute Gasteiger partial charge is 0.273 e. The summed E-state index contributed by atoms with van der Waals surface area (Å²) in [5.74, 6) is 0.217. The van der Waals surface area contributed by atoms with Crippen LogP contribution in [0.25, 0.3) is 10.8 Å². The van der Waals surface area contributed by atoms with Crippen LogP contribution in [0.2, 0.25) is 0 Å². The Kier molecular flexibility index (Phi) is 5.99. The van der Waals surface area contributed by atoms with E-state index in [0.29, 0.717) is 18.9 Å². The fourth-order valence-corrected chi connectivity index (χ4v) is 2.50. The number of methoxy groups -OCH3 is 1. The minimum Gasteiger partial charge on any atom is -0.380 e. The Labute approximate surface area is 152 Å². The number of carbonyl (C=O) groups is 1. The second-order valence-corrected chi connectivity index (χ2v) is 6.11. The minimum atomic E-state index is -0.293. The third kappa shape index (κ3) is 4.68. The van der Waals surface area contributed by atoms with Crippen molar-refractivity contribution in [3.63, 3.8) is 0 Å². The molecule has 6 nitrogen and oxygen atoms in total. The van der Waals surface area contributed by atoms with Gasteiger partial charge in [0.05, 0.1) is 12.7 Å². The predicted molar refractivity (Wildman–Crippen MR) is 97.7 cm³/mol. The maximum absolute atomic E-state index is 12.0. The molecule has 6 heteroatoms. The first-order valence-electron chi connectivity index (χ1n) is 8.47. The number of fused-ring (bicyclic) bond motifs is 1. The van der Waals surface area contributed by atoms with Gasteiger partial charge in [-0.1, -0.05) is 41.6 Å². The quantitative estimate of drug-likeness (QED) is 0.672. The van der Waals surface area contributed by atoms with Gasteiger partial charge in [-0.25, -0.2) is 0 Å². The van der Waals surface area contributed by atoms with Gasteiger partial charge in [0.25, 0.3) is 5.91 Å². The van der Waals surface area contributed by atoms with Crippen LogP contribution >= 0.6 is 0 Å². The van der Waals surface area contributed by atoms with E-state index in [1.165, 1.54) is 10.8 Å². The molecule has 26 heavy (non-hydrogen) atoms. The molecule has 1 N–H and O–H groups in total. The first kappa shape index (κ1) is 18.1. The summed E-state index contributed by atoms with van der Waals surface area (Å²) in [7, 11) is 1.60. The molecule has 0 radical (unpaired) electrons. The molecule has 0 bridgehead atoms. The lowest BCUT2D eigenvalue weighted by molar-refractivity contribution is 0.0851. The number of aromatic nitrogens is 1. The first-order chi connectivity index (χ1) is 12.7. The average molecular weight is 354 g/mol. The van der Waals surface area contributed by atoms with Crippen molar-refractivity contribution < 1.29 is 18.8 Å². The summed E-state index contributed by atoms with van der Waals surface area (Å²) in [4.78, 5) is 12.0. The van der Waals surface area contributed by atoms with Crippen molar-refractivity contribution in [3.05, 3.63) is 65.5 Å². The van der Waals surface area contributed by atoms with Crippen LogP contribution in [0.1, 0.15) is 28.7 Å². The maximum atomic E-state index is 12.0. The van der Waals surface area contributed by atoms with Crippen LogP contribution in [0, 0.1) is 0 Å². The largest absolute Gasteiger partial charge is 0.380 e. The highest BCUT2D eigenvalue weighted by molar-refractivity contribution is 5.92. The van der Waals surface area contributed by atoms with Crippen LogP contribution in [0.5, 0.6) is 0 Å². The van der Waals surface area contributed by atoms with Crippen LogP contribution in [0.4, 0.5) is 0 Å². The Bertz CT molecular complexity index is 875. The molecule has 136 valence electrons. The Balaban J connectivity index is 1.50. The van der Waals surface area contributed by atoms with Crippen LogP contribution in [0.3, 0.4) is 0 Å². The topological polar surface area (TPSA) is 73.6 Å². The van der Waals surface area contributed by atoms with E-state index in [1.54, 1.807) is 13.2 Å². The highest BCUT2D eigenvalue weighted by atomic mass is 16.5. The fraction of sp³-hybridized carbons (Fsp3) is 0.300. The van der Waals surface area contributed by atoms with Gasteiger partial charge in [-0.3, -0.25) is 4.79 Å². The number of amides is 1. The third-order valence-electron chi connectivity index (χ3n) is 4.07. The van der Waals surface area contributed by atoms with E-state index in [0.717, 1.165) is 5.56 Å². The molecule has 2 aromatic carbocycles. The van der Waals surface area contributed by atoms with Gasteiger partial charge in [0.1, 0.15) is 6.61 Å². The molecule has 1 unspecified atom stereocenters. The molecule has 3 aromatic rings. The number of hydrogen-bond donors (Lipinski definition) is 1. The van der Waals surface area contributed by atoms with E-state index in [1.807, 2.05) is 25.1 Å². The molecular weight excluding hydrogens is 332 g/mol. The summed E-state index contributed by atoms with van der Waals surface area (Å²) in [6.45, 7) is 2.99. The van der Waals surface area contributed by atoms with Gasteiger partial charge in [0.2, 0.25) is 0 Å². The standard InChI is InChI=1S/C20H22N2O4/c1-14(24-2)11-21-20(23)19-10-18(26-22-19)13-25-12-15-7-8-16-5-3-4-6-17(16)9-15/h3-10,14H,11-13H2,1-2H3,(H,21,23). The van der Waals surface area contributed by atoms with E-state index in [4.69, 9.17) is 14.0 Å².